The third-order valence-corrected chi connectivity index (χ3v) is 9.40. The van der Waals surface area contributed by atoms with Crippen molar-refractivity contribution in [2.75, 3.05) is 17.4 Å². The van der Waals surface area contributed by atoms with Crippen molar-refractivity contribution in [1.29, 1.82) is 0 Å². The molecule has 0 aliphatic rings. The fraction of sp³-hybridized carbons (Fsp3) is 0.286. The Morgan fingerprint density at radius 1 is 0.875 bits per heavy atom. The number of carbonyl (C=O) groups is 2. The minimum atomic E-state index is -4.23. The van der Waals surface area contributed by atoms with Crippen LogP contribution >= 0.6 is 46.4 Å². The van der Waals surface area contributed by atoms with Gasteiger partial charge in [0.25, 0.3) is 10.0 Å². The first-order valence-corrected chi connectivity index (χ1v) is 15.4. The Kier molecular flexibility index (Phi) is 11.1. The van der Waals surface area contributed by atoms with Crippen molar-refractivity contribution in [3.63, 3.8) is 0 Å². The lowest BCUT2D eigenvalue weighted by atomic mass is 10.1. The highest BCUT2D eigenvalue weighted by Crippen LogP contribution is 2.31. The van der Waals surface area contributed by atoms with Crippen molar-refractivity contribution in [3.05, 3.63) is 91.9 Å². The second-order valence-corrected chi connectivity index (χ2v) is 12.7. The zero-order valence-electron chi connectivity index (χ0n) is 22.1. The van der Waals surface area contributed by atoms with Gasteiger partial charge in [0.1, 0.15) is 12.6 Å². The highest BCUT2D eigenvalue weighted by atomic mass is 35.5. The average Bonchev–Trinajstić information content (AvgIpc) is 2.92. The molecule has 0 saturated heterocycles. The van der Waals surface area contributed by atoms with Gasteiger partial charge < -0.3 is 10.2 Å². The maximum atomic E-state index is 13.9. The van der Waals surface area contributed by atoms with Crippen LogP contribution in [0, 0.1) is 6.92 Å². The summed E-state index contributed by atoms with van der Waals surface area (Å²) < 4.78 is 28.7. The number of anilines is 1. The average molecular weight is 645 g/mol. The first-order valence-electron chi connectivity index (χ1n) is 12.4. The summed E-state index contributed by atoms with van der Waals surface area (Å²) in [6.07, 6.45) is 0.707. The predicted octanol–water partition coefficient (Wildman–Crippen LogP) is 6.75. The topological polar surface area (TPSA) is 86.8 Å². The maximum Gasteiger partial charge on any atom is 0.264 e. The summed E-state index contributed by atoms with van der Waals surface area (Å²) in [5.74, 6) is -0.996. The van der Waals surface area contributed by atoms with Gasteiger partial charge in [-0.15, -0.1) is 0 Å². The molecule has 2 amide bonds. The number of carbonyl (C=O) groups excluding carboxylic acids is 2. The molecule has 0 heterocycles. The molecule has 214 valence electrons. The van der Waals surface area contributed by atoms with Gasteiger partial charge >= 0.3 is 0 Å². The summed E-state index contributed by atoms with van der Waals surface area (Å²) in [6, 6.07) is 14.5. The van der Waals surface area contributed by atoms with Gasteiger partial charge in [0.15, 0.2) is 0 Å². The van der Waals surface area contributed by atoms with Crippen LogP contribution in [0.15, 0.2) is 65.6 Å². The molecule has 0 aliphatic heterocycles. The van der Waals surface area contributed by atoms with Gasteiger partial charge in [-0.3, -0.25) is 13.9 Å². The fourth-order valence-electron chi connectivity index (χ4n) is 3.82. The van der Waals surface area contributed by atoms with Crippen LogP contribution in [0.25, 0.3) is 0 Å². The van der Waals surface area contributed by atoms with E-state index in [4.69, 9.17) is 46.4 Å². The second kappa shape index (κ2) is 13.9. The van der Waals surface area contributed by atoms with Crippen molar-refractivity contribution in [2.45, 2.75) is 44.7 Å². The third kappa shape index (κ3) is 7.83. The van der Waals surface area contributed by atoms with Gasteiger partial charge in [0.2, 0.25) is 11.8 Å². The van der Waals surface area contributed by atoms with E-state index in [1.165, 1.54) is 35.2 Å². The SMILES string of the molecule is CCCNC(=O)[C@@H](C)N(Cc1ccc(Cl)c(Cl)c1)C(=O)CN(c1ccc(Cl)c(Cl)c1)S(=O)(=O)c1ccc(C)cc1. The molecule has 0 radical (unpaired) electrons. The summed E-state index contributed by atoms with van der Waals surface area (Å²) in [4.78, 5) is 28.1. The Balaban J connectivity index is 2.05. The molecule has 1 atom stereocenters. The van der Waals surface area contributed by atoms with E-state index in [1.54, 1.807) is 37.3 Å². The monoisotopic (exact) mass is 643 g/mol. The smallest absolute Gasteiger partial charge is 0.264 e. The molecule has 7 nitrogen and oxygen atoms in total. The zero-order chi connectivity index (χ0) is 29.6. The van der Waals surface area contributed by atoms with Crippen molar-refractivity contribution in [3.8, 4) is 0 Å². The van der Waals surface area contributed by atoms with E-state index in [-0.39, 0.29) is 38.1 Å². The lowest BCUT2D eigenvalue weighted by Crippen LogP contribution is -2.51. The van der Waals surface area contributed by atoms with E-state index in [9.17, 15) is 18.0 Å². The number of halogens is 4. The Labute approximate surface area is 255 Å². The largest absolute Gasteiger partial charge is 0.354 e. The Morgan fingerprint density at radius 2 is 1.48 bits per heavy atom. The van der Waals surface area contributed by atoms with Crippen LogP contribution in [-0.2, 0) is 26.2 Å². The predicted molar refractivity (Wildman–Crippen MR) is 162 cm³/mol. The number of rotatable bonds is 11. The molecule has 3 aromatic carbocycles. The van der Waals surface area contributed by atoms with Crippen LogP contribution in [0.5, 0.6) is 0 Å². The van der Waals surface area contributed by atoms with Crippen LogP contribution in [0.4, 0.5) is 5.69 Å². The molecule has 0 saturated carbocycles. The quantitative estimate of drug-likeness (QED) is 0.250. The highest BCUT2D eigenvalue weighted by Gasteiger charge is 2.32. The molecule has 3 aromatic rings. The molecular weight excluding hydrogens is 616 g/mol. The van der Waals surface area contributed by atoms with E-state index in [0.29, 0.717) is 23.6 Å². The molecule has 12 heteroatoms. The number of amides is 2. The molecule has 1 N–H and O–H groups in total. The minimum absolute atomic E-state index is 0.0123. The number of hydrogen-bond acceptors (Lipinski definition) is 4. The van der Waals surface area contributed by atoms with Gasteiger partial charge in [-0.05, 0) is 68.3 Å². The maximum absolute atomic E-state index is 13.9. The molecule has 0 fully saturated rings. The Bertz CT molecular complexity index is 1480. The third-order valence-electron chi connectivity index (χ3n) is 6.13. The summed E-state index contributed by atoms with van der Waals surface area (Å²) in [5, 5.41) is 3.77. The summed E-state index contributed by atoms with van der Waals surface area (Å²) in [5.41, 5.74) is 1.62. The van der Waals surface area contributed by atoms with E-state index >= 15 is 0 Å². The number of aryl methyl sites for hydroxylation is 1. The van der Waals surface area contributed by atoms with E-state index < -0.39 is 28.5 Å². The van der Waals surface area contributed by atoms with Crippen molar-refractivity contribution in [1.82, 2.24) is 10.2 Å². The standard InChI is InChI=1S/C28H29Cl4N3O4S/c1-4-13-33-28(37)19(3)34(16-20-7-11-23(29)25(31)14-20)27(36)17-35(21-8-12-24(30)26(32)15-21)40(38,39)22-9-5-18(2)6-10-22/h5-12,14-15,19H,4,13,16-17H2,1-3H3,(H,33,37)/t19-/m1/s1. The number of nitrogens with zero attached hydrogens (tertiary/aromatic N) is 2. The lowest BCUT2D eigenvalue weighted by Gasteiger charge is -2.32. The first-order chi connectivity index (χ1) is 18.8. The molecular formula is C28H29Cl4N3O4S. The molecule has 3 rings (SSSR count). The molecule has 0 unspecified atom stereocenters. The van der Waals surface area contributed by atoms with Crippen LogP contribution in [0.1, 0.15) is 31.4 Å². The number of hydrogen-bond donors (Lipinski definition) is 1. The van der Waals surface area contributed by atoms with Crippen molar-refractivity contribution < 1.29 is 18.0 Å². The molecule has 0 spiro atoms. The highest BCUT2D eigenvalue weighted by molar-refractivity contribution is 7.92. The Morgan fingerprint density at radius 3 is 2.05 bits per heavy atom. The van der Waals surface area contributed by atoms with Gasteiger partial charge in [0, 0.05) is 13.1 Å². The number of benzene rings is 3. The zero-order valence-corrected chi connectivity index (χ0v) is 26.0. The van der Waals surface area contributed by atoms with Crippen LogP contribution in [0.3, 0.4) is 0 Å². The lowest BCUT2D eigenvalue weighted by molar-refractivity contribution is -0.139. The number of sulfonamides is 1. The van der Waals surface area contributed by atoms with Crippen LogP contribution in [-0.4, -0.2) is 44.3 Å². The fourth-order valence-corrected chi connectivity index (χ4v) is 5.84. The van der Waals surface area contributed by atoms with Crippen LogP contribution < -0.4 is 9.62 Å². The minimum Gasteiger partial charge on any atom is -0.354 e. The van der Waals surface area contributed by atoms with E-state index in [2.05, 4.69) is 5.32 Å². The normalized spacial score (nSPS) is 12.1. The summed E-state index contributed by atoms with van der Waals surface area (Å²) in [6.45, 7) is 5.13. The molecule has 0 aromatic heterocycles. The van der Waals surface area contributed by atoms with Gasteiger partial charge in [0.05, 0.1) is 30.7 Å². The molecule has 40 heavy (non-hydrogen) atoms. The van der Waals surface area contributed by atoms with Gasteiger partial charge in [-0.25, -0.2) is 8.42 Å². The second-order valence-electron chi connectivity index (χ2n) is 9.16. The van der Waals surface area contributed by atoms with E-state index in [1.807, 2.05) is 13.8 Å². The van der Waals surface area contributed by atoms with E-state index in [0.717, 1.165) is 9.87 Å². The first kappa shape index (κ1) is 32.0. The van der Waals surface area contributed by atoms with Crippen LogP contribution in [0.2, 0.25) is 20.1 Å². The van der Waals surface area contributed by atoms with Gasteiger partial charge in [-0.1, -0.05) is 77.1 Å². The summed E-state index contributed by atoms with van der Waals surface area (Å²) >= 11 is 24.6. The molecule has 0 bridgehead atoms. The van der Waals surface area contributed by atoms with Crippen molar-refractivity contribution >= 4 is 73.9 Å². The van der Waals surface area contributed by atoms with Crippen molar-refractivity contribution in [2.24, 2.45) is 0 Å². The summed E-state index contributed by atoms with van der Waals surface area (Å²) in [7, 11) is -4.23. The van der Waals surface area contributed by atoms with Gasteiger partial charge in [-0.2, -0.15) is 0 Å². The Hall–Kier alpha value is -2.49. The number of nitrogens with one attached hydrogen (secondary N) is 1. The molecule has 0 aliphatic carbocycles.